The van der Waals surface area contributed by atoms with Crippen LogP contribution in [0, 0.1) is 5.92 Å². The topological polar surface area (TPSA) is 130 Å². The highest BCUT2D eigenvalue weighted by molar-refractivity contribution is 6.25. The summed E-state index contributed by atoms with van der Waals surface area (Å²) < 4.78 is 16.9. The zero-order valence-electron chi connectivity index (χ0n) is 18.4. The van der Waals surface area contributed by atoms with E-state index in [0.29, 0.717) is 30.0 Å². The van der Waals surface area contributed by atoms with E-state index in [4.69, 9.17) is 19.9 Å². The molecule has 0 aromatic carbocycles. The normalized spacial score (nSPS) is 31.1. The maximum absolute atomic E-state index is 13.5. The number of allylic oxidation sites excluding steroid dienone is 2. The molecule has 0 aromatic rings. The van der Waals surface area contributed by atoms with Crippen LogP contribution in [0.2, 0.25) is 0 Å². The fourth-order valence-corrected chi connectivity index (χ4v) is 5.32. The summed E-state index contributed by atoms with van der Waals surface area (Å²) in [6, 6.07) is 0.103. The fourth-order valence-electron chi connectivity index (χ4n) is 5.32. The molecule has 9 heteroatoms. The highest BCUT2D eigenvalue weighted by Gasteiger charge is 2.72. The summed E-state index contributed by atoms with van der Waals surface area (Å²) >= 11 is 0. The van der Waals surface area contributed by atoms with E-state index in [-0.39, 0.29) is 36.0 Å². The summed E-state index contributed by atoms with van der Waals surface area (Å²) in [7, 11) is 1.55. The fraction of sp³-hybridized carbons (Fsp3) is 0.682. The molecule has 2 fully saturated rings. The molecule has 3 N–H and O–H groups in total. The molecule has 3 aliphatic heterocycles. The number of unbranched alkanes of at least 4 members (excludes halogenated alkanes) is 4. The number of nitrogens with two attached hydrogens (primary N) is 1. The molecule has 0 saturated carbocycles. The van der Waals surface area contributed by atoms with Crippen LogP contribution >= 0.6 is 0 Å². The Labute approximate surface area is 181 Å². The molecular formula is C22H31N3O6. The van der Waals surface area contributed by atoms with Crippen LogP contribution in [-0.2, 0) is 23.8 Å². The van der Waals surface area contributed by atoms with Gasteiger partial charge in [0.25, 0.3) is 0 Å². The van der Waals surface area contributed by atoms with E-state index in [0.717, 1.165) is 25.7 Å². The molecule has 1 amide bonds. The van der Waals surface area contributed by atoms with Crippen molar-refractivity contribution in [2.75, 3.05) is 26.9 Å². The molecule has 3 heterocycles. The van der Waals surface area contributed by atoms with Gasteiger partial charge in [-0.1, -0.05) is 32.6 Å². The van der Waals surface area contributed by atoms with Gasteiger partial charge in [-0.05, 0) is 13.3 Å². The quantitative estimate of drug-likeness (QED) is 0.300. The Morgan fingerprint density at radius 3 is 2.65 bits per heavy atom. The highest BCUT2D eigenvalue weighted by atomic mass is 16.6. The monoisotopic (exact) mass is 433 g/mol. The molecule has 31 heavy (non-hydrogen) atoms. The second-order valence-corrected chi connectivity index (χ2v) is 8.64. The summed E-state index contributed by atoms with van der Waals surface area (Å²) in [5.41, 5.74) is 5.18. The summed E-state index contributed by atoms with van der Waals surface area (Å²) in [5, 5.41) is 3.34. The number of nitrogens with one attached hydrogen (secondary N) is 1. The van der Waals surface area contributed by atoms with Crippen LogP contribution in [0.25, 0.3) is 0 Å². The van der Waals surface area contributed by atoms with E-state index < -0.39 is 17.7 Å². The van der Waals surface area contributed by atoms with Crippen LogP contribution in [0.4, 0.5) is 4.79 Å². The van der Waals surface area contributed by atoms with Crippen molar-refractivity contribution in [2.24, 2.45) is 11.7 Å². The lowest BCUT2D eigenvalue weighted by Crippen LogP contribution is -2.55. The average molecular weight is 434 g/mol. The van der Waals surface area contributed by atoms with Gasteiger partial charge in [-0.3, -0.25) is 9.59 Å². The molecule has 2 unspecified atom stereocenters. The van der Waals surface area contributed by atoms with Crippen molar-refractivity contribution in [3.05, 3.63) is 22.6 Å². The van der Waals surface area contributed by atoms with Crippen LogP contribution in [-0.4, -0.2) is 67.2 Å². The van der Waals surface area contributed by atoms with Crippen LogP contribution in [0.5, 0.6) is 0 Å². The van der Waals surface area contributed by atoms with Gasteiger partial charge in [0.2, 0.25) is 11.6 Å². The lowest BCUT2D eigenvalue weighted by atomic mass is 9.83. The number of Topliss-reactive ketones (excluding diaryl/α,β-unsaturated/α-hetero) is 2. The van der Waals surface area contributed by atoms with Gasteiger partial charge in [0, 0.05) is 30.8 Å². The summed E-state index contributed by atoms with van der Waals surface area (Å²) in [6.07, 6.45) is 4.34. The predicted octanol–water partition coefficient (Wildman–Crippen LogP) is 1.38. The molecule has 4 atom stereocenters. The number of hydrogen-bond acceptors (Lipinski definition) is 8. The predicted molar refractivity (Wildman–Crippen MR) is 111 cm³/mol. The maximum atomic E-state index is 13.5. The van der Waals surface area contributed by atoms with Crippen LogP contribution < -0.4 is 11.1 Å². The first kappa shape index (κ1) is 21.8. The minimum atomic E-state index is -0.966. The largest absolute Gasteiger partial charge is 0.489 e. The molecule has 0 radical (unpaired) electrons. The number of fused-ring (bicyclic) bond motifs is 4. The molecule has 0 aromatic heterocycles. The van der Waals surface area contributed by atoms with Gasteiger partial charge in [0.05, 0.1) is 24.3 Å². The molecule has 170 valence electrons. The highest BCUT2D eigenvalue weighted by Crippen LogP contribution is 2.55. The van der Waals surface area contributed by atoms with Crippen LogP contribution in [0.15, 0.2) is 22.6 Å². The first-order valence-electron chi connectivity index (χ1n) is 11.1. The third kappa shape index (κ3) is 3.34. The number of nitrogens with zero attached hydrogens (tertiary/aromatic N) is 1. The van der Waals surface area contributed by atoms with E-state index in [1.54, 1.807) is 14.0 Å². The van der Waals surface area contributed by atoms with Gasteiger partial charge in [-0.25, -0.2) is 4.79 Å². The van der Waals surface area contributed by atoms with Crippen molar-refractivity contribution >= 4 is 17.7 Å². The number of carbonyl (C=O) groups is 3. The number of hydrogen-bond donors (Lipinski definition) is 2. The van der Waals surface area contributed by atoms with Crippen molar-refractivity contribution in [1.82, 2.24) is 10.2 Å². The van der Waals surface area contributed by atoms with Crippen molar-refractivity contribution in [3.63, 3.8) is 0 Å². The minimum absolute atomic E-state index is 0.0617. The number of carbonyl (C=O) groups excluding carboxylic acids is 3. The number of rotatable bonds is 10. The Morgan fingerprint density at radius 1 is 1.23 bits per heavy atom. The standard InChI is InChI=1S/C22H31N3O6/c1-4-5-6-7-8-9-30-19-12(2)17(26)16-15(18(19)27)13(11-31-21(23)28)22(29-3)20-14(24-20)10-25(16)22/h13-14,20,24H,4-11H2,1-3H3,(H2,23,28)/t13-,14?,20?,22-/m1/s1. The van der Waals surface area contributed by atoms with Crippen LogP contribution in [0.1, 0.15) is 46.0 Å². The molecule has 4 rings (SSSR count). The lowest BCUT2D eigenvalue weighted by Gasteiger charge is -2.39. The van der Waals surface area contributed by atoms with Crippen molar-refractivity contribution < 1.29 is 28.6 Å². The summed E-state index contributed by atoms with van der Waals surface area (Å²) in [4.78, 5) is 40.1. The molecular weight excluding hydrogens is 402 g/mol. The van der Waals surface area contributed by atoms with Gasteiger partial charge in [-0.2, -0.15) is 0 Å². The van der Waals surface area contributed by atoms with Crippen molar-refractivity contribution in [2.45, 2.75) is 63.8 Å². The number of methoxy groups -OCH3 is 1. The lowest BCUT2D eigenvalue weighted by molar-refractivity contribution is -0.137. The number of amides is 1. The Balaban J connectivity index is 1.59. The van der Waals surface area contributed by atoms with Crippen molar-refractivity contribution in [1.29, 1.82) is 0 Å². The van der Waals surface area contributed by atoms with Crippen LogP contribution in [0.3, 0.4) is 0 Å². The number of primary amides is 1. The van der Waals surface area contributed by atoms with Gasteiger partial charge in [-0.15, -0.1) is 0 Å². The SMILES string of the molecule is CCCCCCCOC1=C(C)C(=O)C2=C(C1=O)[C@@H](COC(N)=O)[C@@]1(OC)C3NC3CN21. The second kappa shape index (κ2) is 8.27. The zero-order chi connectivity index (χ0) is 22.3. The van der Waals surface area contributed by atoms with E-state index >= 15 is 0 Å². The number of piperazine rings is 1. The first-order valence-corrected chi connectivity index (χ1v) is 11.1. The second-order valence-electron chi connectivity index (χ2n) is 8.64. The number of ether oxygens (including phenoxy) is 3. The van der Waals surface area contributed by atoms with Crippen molar-refractivity contribution in [3.8, 4) is 0 Å². The average Bonchev–Trinajstić information content (AvgIpc) is 3.35. The third-order valence-electron chi connectivity index (χ3n) is 6.87. The molecule has 0 spiro atoms. The maximum Gasteiger partial charge on any atom is 0.404 e. The Hall–Kier alpha value is -2.39. The van der Waals surface area contributed by atoms with Gasteiger partial charge >= 0.3 is 6.09 Å². The van der Waals surface area contributed by atoms with Gasteiger partial charge in [0.15, 0.2) is 11.5 Å². The Morgan fingerprint density at radius 2 is 1.97 bits per heavy atom. The molecule has 2 saturated heterocycles. The Bertz CT molecular complexity index is 865. The van der Waals surface area contributed by atoms with E-state index in [2.05, 4.69) is 12.2 Å². The third-order valence-corrected chi connectivity index (χ3v) is 6.87. The first-order chi connectivity index (χ1) is 14.9. The molecule has 0 bridgehead atoms. The smallest absolute Gasteiger partial charge is 0.404 e. The summed E-state index contributed by atoms with van der Waals surface area (Å²) in [5.74, 6) is -1.12. The van der Waals surface area contributed by atoms with Gasteiger partial charge < -0.3 is 30.2 Å². The van der Waals surface area contributed by atoms with Gasteiger partial charge in [0.1, 0.15) is 6.61 Å². The minimum Gasteiger partial charge on any atom is -0.489 e. The van der Waals surface area contributed by atoms with E-state index in [1.165, 1.54) is 6.42 Å². The van der Waals surface area contributed by atoms with E-state index in [1.807, 2.05) is 4.90 Å². The summed E-state index contributed by atoms with van der Waals surface area (Å²) in [6.45, 7) is 4.56. The van der Waals surface area contributed by atoms with E-state index in [9.17, 15) is 14.4 Å². The molecule has 1 aliphatic carbocycles. The Kier molecular flexibility index (Phi) is 5.83. The number of ketones is 2. The molecule has 9 nitrogen and oxygen atoms in total. The molecule has 4 aliphatic rings. The zero-order valence-corrected chi connectivity index (χ0v) is 18.4.